The van der Waals surface area contributed by atoms with Gasteiger partial charge in [0.15, 0.2) is 5.65 Å². The molecule has 0 atom stereocenters. The molecule has 1 aliphatic heterocycles. The van der Waals surface area contributed by atoms with Crippen molar-refractivity contribution in [3.63, 3.8) is 0 Å². The summed E-state index contributed by atoms with van der Waals surface area (Å²) in [7, 11) is 1.59. The monoisotopic (exact) mass is 418 g/mol. The number of hydrogen-bond acceptors (Lipinski definition) is 6. The van der Waals surface area contributed by atoms with Gasteiger partial charge < -0.3 is 10.1 Å². The lowest BCUT2D eigenvalue weighted by Crippen LogP contribution is -2.30. The molecule has 0 aliphatic carbocycles. The van der Waals surface area contributed by atoms with Crippen LogP contribution < -0.4 is 11.0 Å². The molecule has 2 aromatic heterocycles. The van der Waals surface area contributed by atoms with E-state index in [1.807, 2.05) is 0 Å². The Balaban J connectivity index is 1.83. The number of nitrogens with one attached hydrogen (secondary N) is 1. The molecule has 0 saturated carbocycles. The third-order valence-electron chi connectivity index (χ3n) is 5.12. The average Bonchev–Trinajstić information content (AvgIpc) is 2.98. The van der Waals surface area contributed by atoms with Crippen LogP contribution in [0, 0.1) is 11.3 Å². The SMILES string of the molecule is Cn1c(=O)n(C2CCOCC2)c2nc(Nc3c(C#N)cccc3C(F)(F)F)ncc21. The van der Waals surface area contributed by atoms with E-state index in [-0.39, 0.29) is 23.2 Å². The molecule has 0 radical (unpaired) electrons. The molecule has 0 unspecified atom stereocenters. The van der Waals surface area contributed by atoms with Gasteiger partial charge >= 0.3 is 11.9 Å². The minimum absolute atomic E-state index is 0.130. The Kier molecular flexibility index (Phi) is 4.95. The summed E-state index contributed by atoms with van der Waals surface area (Å²) >= 11 is 0. The highest BCUT2D eigenvalue weighted by Gasteiger charge is 2.35. The van der Waals surface area contributed by atoms with Crippen LogP contribution in [0.2, 0.25) is 0 Å². The van der Waals surface area contributed by atoms with Crippen molar-refractivity contribution in [1.82, 2.24) is 19.1 Å². The molecule has 3 heterocycles. The normalized spacial score (nSPS) is 15.3. The average molecular weight is 418 g/mol. The maximum atomic E-state index is 13.4. The standard InChI is InChI=1S/C19H17F3N6O2/c1-27-14-10-24-17(25-15-11(9-23)3-2-4-13(15)19(20,21)22)26-16(14)28(18(27)29)12-5-7-30-8-6-12/h2-4,10,12H,5-8H2,1H3,(H,24,25,26). The number of hydrogen-bond donors (Lipinski definition) is 1. The zero-order valence-corrected chi connectivity index (χ0v) is 15.9. The topological polar surface area (TPSA) is 97.8 Å². The third kappa shape index (κ3) is 3.39. The van der Waals surface area contributed by atoms with E-state index in [1.165, 1.54) is 21.4 Å². The van der Waals surface area contributed by atoms with E-state index in [0.29, 0.717) is 37.2 Å². The first-order chi connectivity index (χ1) is 14.3. The van der Waals surface area contributed by atoms with Gasteiger partial charge in [-0.2, -0.15) is 23.4 Å². The van der Waals surface area contributed by atoms with Crippen LogP contribution in [0.5, 0.6) is 0 Å². The molecule has 1 fully saturated rings. The van der Waals surface area contributed by atoms with Crippen molar-refractivity contribution in [2.45, 2.75) is 25.1 Å². The number of nitrogens with zero attached hydrogens (tertiary/aromatic N) is 5. The van der Waals surface area contributed by atoms with Gasteiger partial charge in [-0.25, -0.2) is 9.78 Å². The van der Waals surface area contributed by atoms with Crippen molar-refractivity contribution in [2.24, 2.45) is 7.05 Å². The number of aryl methyl sites for hydroxylation is 1. The zero-order chi connectivity index (χ0) is 21.5. The van der Waals surface area contributed by atoms with Gasteiger partial charge in [0.1, 0.15) is 11.6 Å². The summed E-state index contributed by atoms with van der Waals surface area (Å²) in [5.41, 5.74) is -1.13. The molecule has 0 spiro atoms. The van der Waals surface area contributed by atoms with Crippen molar-refractivity contribution >= 4 is 22.8 Å². The number of nitriles is 1. The van der Waals surface area contributed by atoms with Gasteiger partial charge in [-0.1, -0.05) is 6.07 Å². The summed E-state index contributed by atoms with van der Waals surface area (Å²) < 4.78 is 48.6. The molecule has 11 heteroatoms. The van der Waals surface area contributed by atoms with Crippen LogP contribution >= 0.6 is 0 Å². The van der Waals surface area contributed by atoms with Crippen LogP contribution in [0.3, 0.4) is 0 Å². The number of rotatable bonds is 3. The number of anilines is 2. The predicted molar refractivity (Wildman–Crippen MR) is 101 cm³/mol. The molecule has 1 aliphatic rings. The highest BCUT2D eigenvalue weighted by atomic mass is 19.4. The van der Waals surface area contributed by atoms with Crippen molar-refractivity contribution in [2.75, 3.05) is 18.5 Å². The summed E-state index contributed by atoms with van der Waals surface area (Å²) in [6.45, 7) is 1.02. The fourth-order valence-electron chi connectivity index (χ4n) is 3.60. The van der Waals surface area contributed by atoms with E-state index >= 15 is 0 Å². The Hall–Kier alpha value is -3.39. The van der Waals surface area contributed by atoms with Crippen LogP contribution in [0.1, 0.15) is 30.0 Å². The highest BCUT2D eigenvalue weighted by Crippen LogP contribution is 2.37. The first-order valence-corrected chi connectivity index (χ1v) is 9.20. The molecule has 1 N–H and O–H groups in total. The summed E-state index contributed by atoms with van der Waals surface area (Å²) in [4.78, 5) is 21.1. The molecule has 30 heavy (non-hydrogen) atoms. The van der Waals surface area contributed by atoms with Crippen molar-refractivity contribution in [3.8, 4) is 6.07 Å². The van der Waals surface area contributed by atoms with E-state index in [1.54, 1.807) is 13.1 Å². The Morgan fingerprint density at radius 2 is 2.03 bits per heavy atom. The van der Waals surface area contributed by atoms with E-state index < -0.39 is 17.4 Å². The largest absolute Gasteiger partial charge is 0.418 e. The molecule has 0 amide bonds. The van der Waals surface area contributed by atoms with Crippen LogP contribution in [-0.4, -0.2) is 32.3 Å². The maximum Gasteiger partial charge on any atom is 0.418 e. The van der Waals surface area contributed by atoms with Gasteiger partial charge in [-0.3, -0.25) is 9.13 Å². The lowest BCUT2D eigenvalue weighted by atomic mass is 10.1. The first kappa shape index (κ1) is 19.9. The Morgan fingerprint density at radius 1 is 1.30 bits per heavy atom. The molecule has 0 bridgehead atoms. The van der Waals surface area contributed by atoms with Crippen LogP contribution in [-0.2, 0) is 18.0 Å². The molecule has 1 aromatic carbocycles. The fourth-order valence-corrected chi connectivity index (χ4v) is 3.60. The minimum Gasteiger partial charge on any atom is -0.381 e. The number of para-hydroxylation sites is 1. The van der Waals surface area contributed by atoms with Crippen LogP contribution in [0.15, 0.2) is 29.2 Å². The summed E-state index contributed by atoms with van der Waals surface area (Å²) in [6.07, 6.45) is -2.04. The number of imidazole rings is 1. The van der Waals surface area contributed by atoms with E-state index in [4.69, 9.17) is 4.74 Å². The second kappa shape index (κ2) is 7.46. The van der Waals surface area contributed by atoms with Crippen molar-refractivity contribution in [1.29, 1.82) is 5.26 Å². The van der Waals surface area contributed by atoms with Crippen LogP contribution in [0.4, 0.5) is 24.8 Å². The highest BCUT2D eigenvalue weighted by molar-refractivity contribution is 5.74. The number of halogens is 3. The van der Waals surface area contributed by atoms with E-state index in [9.17, 15) is 23.2 Å². The molecular weight excluding hydrogens is 401 g/mol. The molecule has 156 valence electrons. The number of benzene rings is 1. The van der Waals surface area contributed by atoms with Gasteiger partial charge in [0.25, 0.3) is 0 Å². The molecular formula is C19H17F3N6O2. The first-order valence-electron chi connectivity index (χ1n) is 9.20. The van der Waals surface area contributed by atoms with Gasteiger partial charge in [-0.05, 0) is 25.0 Å². The third-order valence-corrected chi connectivity index (χ3v) is 5.12. The van der Waals surface area contributed by atoms with Crippen LogP contribution in [0.25, 0.3) is 11.2 Å². The Labute approximate surface area is 168 Å². The summed E-state index contributed by atoms with van der Waals surface area (Å²) in [5, 5.41) is 11.8. The number of aromatic nitrogens is 4. The van der Waals surface area contributed by atoms with Gasteiger partial charge in [0, 0.05) is 26.3 Å². The second-order valence-electron chi connectivity index (χ2n) is 6.92. The lowest BCUT2D eigenvalue weighted by molar-refractivity contribution is -0.136. The quantitative estimate of drug-likeness (QED) is 0.702. The maximum absolute atomic E-state index is 13.4. The van der Waals surface area contributed by atoms with E-state index in [2.05, 4.69) is 15.3 Å². The summed E-state index contributed by atoms with van der Waals surface area (Å²) in [6, 6.07) is 4.94. The smallest absolute Gasteiger partial charge is 0.381 e. The molecule has 8 nitrogen and oxygen atoms in total. The fraction of sp³-hybridized carbons (Fsp3) is 0.368. The predicted octanol–water partition coefficient (Wildman–Crippen LogP) is 3.12. The minimum atomic E-state index is -4.67. The van der Waals surface area contributed by atoms with E-state index in [0.717, 1.165) is 12.1 Å². The van der Waals surface area contributed by atoms with Gasteiger partial charge in [-0.15, -0.1) is 0 Å². The number of ether oxygens (including phenoxy) is 1. The lowest BCUT2D eigenvalue weighted by Gasteiger charge is -2.23. The number of fused-ring (bicyclic) bond motifs is 1. The second-order valence-corrected chi connectivity index (χ2v) is 6.92. The van der Waals surface area contributed by atoms with Gasteiger partial charge in [0.05, 0.1) is 23.0 Å². The number of alkyl halides is 3. The Morgan fingerprint density at radius 3 is 2.70 bits per heavy atom. The molecule has 1 saturated heterocycles. The van der Waals surface area contributed by atoms with Crippen molar-refractivity contribution < 1.29 is 17.9 Å². The summed E-state index contributed by atoms with van der Waals surface area (Å²) in [5.74, 6) is -0.137. The zero-order valence-electron chi connectivity index (χ0n) is 15.9. The molecule has 3 aromatic rings. The van der Waals surface area contributed by atoms with Crippen molar-refractivity contribution in [3.05, 3.63) is 46.0 Å². The molecule has 4 rings (SSSR count). The Bertz CT molecular complexity index is 1200. The van der Waals surface area contributed by atoms with Gasteiger partial charge in [0.2, 0.25) is 5.95 Å².